The first-order chi connectivity index (χ1) is 14.5. The highest BCUT2D eigenvalue weighted by atomic mass is 32.2. The lowest BCUT2D eigenvalue weighted by Crippen LogP contribution is -2.31. The van der Waals surface area contributed by atoms with Crippen molar-refractivity contribution >= 4 is 40.9 Å². The molecule has 2 aromatic carbocycles. The molecular weight excluding hydrogens is 408 g/mol. The van der Waals surface area contributed by atoms with Gasteiger partial charge in [0.25, 0.3) is 0 Å². The van der Waals surface area contributed by atoms with Crippen molar-refractivity contribution in [2.45, 2.75) is 63.5 Å². The summed E-state index contributed by atoms with van der Waals surface area (Å²) in [5, 5.41) is 2.45. The average molecular weight is 439 g/mol. The van der Waals surface area contributed by atoms with Crippen LogP contribution in [0.3, 0.4) is 0 Å². The first-order valence-electron chi connectivity index (χ1n) is 10.6. The highest BCUT2D eigenvalue weighted by Gasteiger charge is 2.40. The zero-order chi connectivity index (χ0) is 22.8. The van der Waals surface area contributed by atoms with Gasteiger partial charge in [0.2, 0.25) is 17.7 Å². The van der Waals surface area contributed by atoms with Crippen LogP contribution in [0.5, 0.6) is 0 Å². The van der Waals surface area contributed by atoms with Gasteiger partial charge in [-0.1, -0.05) is 46.8 Å². The van der Waals surface area contributed by atoms with Crippen molar-refractivity contribution in [1.29, 1.82) is 0 Å². The largest absolute Gasteiger partial charge is 0.326 e. The number of rotatable bonds is 6. The second-order valence-electron chi connectivity index (χ2n) is 9.43. The van der Waals surface area contributed by atoms with E-state index in [0.29, 0.717) is 18.0 Å². The van der Waals surface area contributed by atoms with Crippen LogP contribution in [0.2, 0.25) is 0 Å². The molecule has 1 aliphatic heterocycles. The maximum atomic E-state index is 12.9. The van der Waals surface area contributed by atoms with E-state index in [-0.39, 0.29) is 29.6 Å². The van der Waals surface area contributed by atoms with Gasteiger partial charge < -0.3 is 5.32 Å². The summed E-state index contributed by atoms with van der Waals surface area (Å²) in [6.07, 6.45) is 0.621. The lowest BCUT2D eigenvalue weighted by Gasteiger charge is -2.17. The molecule has 1 unspecified atom stereocenters. The Kier molecular flexibility index (Phi) is 6.90. The summed E-state index contributed by atoms with van der Waals surface area (Å²) < 4.78 is 0. The fraction of sp³-hybridized carbons (Fsp3) is 0.400. The van der Waals surface area contributed by atoms with E-state index in [2.05, 4.69) is 19.2 Å². The normalized spacial score (nSPS) is 16.8. The molecule has 5 nitrogen and oxygen atoms in total. The van der Waals surface area contributed by atoms with Crippen molar-refractivity contribution in [3.05, 3.63) is 54.1 Å². The Bertz CT molecular complexity index is 960. The molecule has 1 aliphatic rings. The van der Waals surface area contributed by atoms with E-state index in [4.69, 9.17) is 0 Å². The van der Waals surface area contributed by atoms with Gasteiger partial charge in [-0.05, 0) is 53.3 Å². The van der Waals surface area contributed by atoms with Crippen LogP contribution in [0, 0.1) is 5.41 Å². The number of hydrogen-bond donors (Lipinski definition) is 1. The first kappa shape index (κ1) is 23.1. The van der Waals surface area contributed by atoms with Crippen molar-refractivity contribution in [3.8, 4) is 0 Å². The number of thioether (sulfide) groups is 1. The van der Waals surface area contributed by atoms with E-state index in [1.165, 1.54) is 22.2 Å². The zero-order valence-corrected chi connectivity index (χ0v) is 19.6. The van der Waals surface area contributed by atoms with Crippen LogP contribution in [-0.4, -0.2) is 23.0 Å². The van der Waals surface area contributed by atoms with Gasteiger partial charge >= 0.3 is 0 Å². The number of carbonyl (C=O) groups excluding carboxylic acids is 3. The number of benzene rings is 2. The van der Waals surface area contributed by atoms with Gasteiger partial charge in [-0.25, -0.2) is 4.90 Å². The minimum Gasteiger partial charge on any atom is -0.326 e. The molecule has 6 heteroatoms. The van der Waals surface area contributed by atoms with E-state index in [1.54, 1.807) is 0 Å². The summed E-state index contributed by atoms with van der Waals surface area (Å²) >= 11 is 1.38. The standard InChI is InChI=1S/C25H30N2O3S/c1-16(2)17-6-10-19(11-7-17)27-23(29)14-21(24(27)30)31-20-12-8-18(9-13-20)26-22(28)15-25(3,4)5/h6-13,16,21H,14-15H2,1-5H3,(H,26,28). The summed E-state index contributed by atoms with van der Waals surface area (Å²) in [5.41, 5.74) is 2.44. The summed E-state index contributed by atoms with van der Waals surface area (Å²) in [5.74, 6) is 0.00728. The summed E-state index contributed by atoms with van der Waals surface area (Å²) in [4.78, 5) is 39.7. The van der Waals surface area contributed by atoms with Crippen LogP contribution < -0.4 is 10.2 Å². The smallest absolute Gasteiger partial charge is 0.247 e. The van der Waals surface area contributed by atoms with Crippen LogP contribution >= 0.6 is 11.8 Å². The quantitative estimate of drug-likeness (QED) is 0.596. The van der Waals surface area contributed by atoms with Crippen molar-refractivity contribution < 1.29 is 14.4 Å². The van der Waals surface area contributed by atoms with Gasteiger partial charge in [0.05, 0.1) is 10.9 Å². The number of hydrogen-bond acceptors (Lipinski definition) is 4. The van der Waals surface area contributed by atoms with E-state index in [9.17, 15) is 14.4 Å². The summed E-state index contributed by atoms with van der Waals surface area (Å²) in [7, 11) is 0. The van der Waals surface area contributed by atoms with Crippen LogP contribution in [0.1, 0.15) is 58.9 Å². The molecule has 1 fully saturated rings. The van der Waals surface area contributed by atoms with E-state index in [1.807, 2.05) is 69.3 Å². The number of imide groups is 1. The van der Waals surface area contributed by atoms with Gasteiger partial charge in [-0.2, -0.15) is 0 Å². The van der Waals surface area contributed by atoms with E-state index < -0.39 is 5.25 Å². The number of anilines is 2. The second kappa shape index (κ2) is 9.27. The fourth-order valence-electron chi connectivity index (χ4n) is 3.44. The second-order valence-corrected chi connectivity index (χ2v) is 10.7. The maximum Gasteiger partial charge on any atom is 0.247 e. The van der Waals surface area contributed by atoms with E-state index in [0.717, 1.165) is 10.6 Å². The number of carbonyl (C=O) groups is 3. The zero-order valence-electron chi connectivity index (χ0n) is 18.8. The predicted molar refractivity (Wildman–Crippen MR) is 126 cm³/mol. The molecule has 0 aliphatic carbocycles. The monoisotopic (exact) mass is 438 g/mol. The van der Waals surface area contributed by atoms with Crippen LogP contribution in [0.15, 0.2) is 53.4 Å². The molecule has 3 rings (SSSR count). The number of nitrogens with zero attached hydrogens (tertiary/aromatic N) is 1. The molecule has 1 atom stereocenters. The topological polar surface area (TPSA) is 66.5 Å². The molecular formula is C25H30N2O3S. The molecule has 164 valence electrons. The average Bonchev–Trinajstić information content (AvgIpc) is 2.95. The third-order valence-electron chi connectivity index (χ3n) is 5.03. The lowest BCUT2D eigenvalue weighted by molar-refractivity contribution is -0.121. The number of nitrogens with one attached hydrogen (secondary N) is 1. The van der Waals surface area contributed by atoms with Gasteiger partial charge in [0.15, 0.2) is 0 Å². The van der Waals surface area contributed by atoms with Crippen LogP contribution in [0.4, 0.5) is 11.4 Å². The van der Waals surface area contributed by atoms with E-state index >= 15 is 0 Å². The van der Waals surface area contributed by atoms with Crippen LogP contribution in [0.25, 0.3) is 0 Å². The van der Waals surface area contributed by atoms with Crippen molar-refractivity contribution in [2.75, 3.05) is 10.2 Å². The highest BCUT2D eigenvalue weighted by molar-refractivity contribution is 8.00. The van der Waals surface area contributed by atoms with Gasteiger partial charge in [0, 0.05) is 23.4 Å². The molecule has 1 heterocycles. The Morgan fingerprint density at radius 2 is 1.68 bits per heavy atom. The van der Waals surface area contributed by atoms with Gasteiger partial charge in [-0.15, -0.1) is 11.8 Å². The first-order valence-corrected chi connectivity index (χ1v) is 11.4. The lowest BCUT2D eigenvalue weighted by atomic mass is 9.92. The Hall–Kier alpha value is -2.60. The molecule has 0 bridgehead atoms. The molecule has 1 N–H and O–H groups in total. The SMILES string of the molecule is CC(C)c1ccc(N2C(=O)CC(Sc3ccc(NC(=O)CC(C)(C)C)cc3)C2=O)cc1. The van der Waals surface area contributed by atoms with Crippen molar-refractivity contribution in [1.82, 2.24) is 0 Å². The summed E-state index contributed by atoms with van der Waals surface area (Å²) in [6, 6.07) is 15.0. The fourth-order valence-corrected chi connectivity index (χ4v) is 4.50. The summed E-state index contributed by atoms with van der Waals surface area (Å²) in [6.45, 7) is 10.3. The van der Waals surface area contributed by atoms with Crippen molar-refractivity contribution in [3.63, 3.8) is 0 Å². The molecule has 3 amide bonds. The Labute approximate surface area is 188 Å². The Morgan fingerprint density at radius 1 is 1.06 bits per heavy atom. The number of amides is 3. The molecule has 31 heavy (non-hydrogen) atoms. The van der Waals surface area contributed by atoms with Crippen molar-refractivity contribution in [2.24, 2.45) is 5.41 Å². The minimum absolute atomic E-state index is 0.0244. The highest BCUT2D eigenvalue weighted by Crippen LogP contribution is 2.35. The third-order valence-corrected chi connectivity index (χ3v) is 6.23. The van der Waals surface area contributed by atoms with Gasteiger partial charge in [-0.3, -0.25) is 14.4 Å². The molecule has 0 aromatic heterocycles. The third kappa shape index (κ3) is 5.97. The molecule has 1 saturated heterocycles. The molecule has 0 spiro atoms. The molecule has 0 radical (unpaired) electrons. The van der Waals surface area contributed by atoms with Crippen LogP contribution in [-0.2, 0) is 14.4 Å². The molecule has 2 aromatic rings. The minimum atomic E-state index is -0.446. The predicted octanol–water partition coefficient (Wildman–Crippen LogP) is 5.61. The Morgan fingerprint density at radius 3 is 2.23 bits per heavy atom. The van der Waals surface area contributed by atoms with Gasteiger partial charge in [0.1, 0.15) is 0 Å². The maximum absolute atomic E-state index is 12.9. The molecule has 0 saturated carbocycles. The Balaban J connectivity index is 1.63.